The van der Waals surface area contributed by atoms with Crippen molar-refractivity contribution in [2.75, 3.05) is 12.8 Å². The Morgan fingerprint density at radius 2 is 1.76 bits per heavy atom. The minimum atomic E-state index is -3.33. The average Bonchev–Trinajstić information content (AvgIpc) is 2.98. The van der Waals surface area contributed by atoms with Crippen LogP contribution in [-0.2, 0) is 22.9 Å². The first-order valence-electron chi connectivity index (χ1n) is 9.14. The Labute approximate surface area is 169 Å². The minimum absolute atomic E-state index is 0.177. The third-order valence-corrected chi connectivity index (χ3v) is 5.69. The van der Waals surface area contributed by atoms with Crippen LogP contribution in [0.1, 0.15) is 36.8 Å². The molecule has 3 rings (SSSR count). The summed E-state index contributed by atoms with van der Waals surface area (Å²) in [5, 5.41) is 7.52. The standard InChI is InChI=1S/C19H25N5O4S/c1-19(2,3)21-17(25)15-14-11-23(18(20)26)9-10-24(14)22-16(15)12-5-7-13(8-6-12)29(4,27)28/h5-8H,9-11H2,1-4H3,(H2,20,26)(H,21,25). The van der Waals surface area contributed by atoms with Gasteiger partial charge in [-0.15, -0.1) is 0 Å². The lowest BCUT2D eigenvalue weighted by Crippen LogP contribution is -2.44. The molecule has 9 nitrogen and oxygen atoms in total. The lowest BCUT2D eigenvalue weighted by Gasteiger charge is -2.27. The molecule has 0 bridgehead atoms. The molecule has 0 aliphatic carbocycles. The fraction of sp³-hybridized carbons (Fsp3) is 0.421. The van der Waals surface area contributed by atoms with Crippen LogP contribution in [0.2, 0.25) is 0 Å². The van der Waals surface area contributed by atoms with Crippen LogP contribution in [0.4, 0.5) is 4.79 Å². The maximum Gasteiger partial charge on any atom is 0.315 e. The number of hydrogen-bond acceptors (Lipinski definition) is 5. The number of hydrogen-bond donors (Lipinski definition) is 2. The van der Waals surface area contributed by atoms with Crippen molar-refractivity contribution >= 4 is 21.8 Å². The number of fused-ring (bicyclic) bond motifs is 1. The van der Waals surface area contributed by atoms with Crippen LogP contribution in [0.5, 0.6) is 0 Å². The van der Waals surface area contributed by atoms with Gasteiger partial charge in [-0.2, -0.15) is 5.10 Å². The van der Waals surface area contributed by atoms with E-state index in [-0.39, 0.29) is 17.3 Å². The number of amides is 3. The number of primary amides is 1. The zero-order valence-corrected chi connectivity index (χ0v) is 17.7. The van der Waals surface area contributed by atoms with E-state index in [1.165, 1.54) is 17.0 Å². The number of nitrogens with one attached hydrogen (secondary N) is 1. The third kappa shape index (κ3) is 4.42. The molecule has 0 atom stereocenters. The summed E-state index contributed by atoms with van der Waals surface area (Å²) in [6.45, 7) is 6.61. The Morgan fingerprint density at radius 3 is 2.28 bits per heavy atom. The summed E-state index contributed by atoms with van der Waals surface area (Å²) in [5.41, 5.74) is 6.96. The molecule has 156 valence electrons. The maximum absolute atomic E-state index is 13.1. The number of rotatable bonds is 3. The van der Waals surface area contributed by atoms with Crippen LogP contribution in [0.3, 0.4) is 0 Å². The second-order valence-corrected chi connectivity index (χ2v) is 10.2. The van der Waals surface area contributed by atoms with E-state index < -0.39 is 21.4 Å². The largest absolute Gasteiger partial charge is 0.351 e. The molecule has 1 aromatic heterocycles. The summed E-state index contributed by atoms with van der Waals surface area (Å²) in [6, 6.07) is 5.68. The highest BCUT2D eigenvalue weighted by molar-refractivity contribution is 7.90. The molecule has 0 radical (unpaired) electrons. The second-order valence-electron chi connectivity index (χ2n) is 8.15. The van der Waals surface area contributed by atoms with Crippen LogP contribution in [0.25, 0.3) is 11.3 Å². The van der Waals surface area contributed by atoms with Gasteiger partial charge in [0.25, 0.3) is 5.91 Å². The number of nitrogens with zero attached hydrogens (tertiary/aromatic N) is 3. The monoisotopic (exact) mass is 419 g/mol. The van der Waals surface area contributed by atoms with E-state index in [0.717, 1.165) is 6.26 Å². The number of sulfone groups is 1. The lowest BCUT2D eigenvalue weighted by molar-refractivity contribution is 0.0916. The van der Waals surface area contributed by atoms with Crippen molar-refractivity contribution < 1.29 is 18.0 Å². The van der Waals surface area contributed by atoms with Gasteiger partial charge in [-0.1, -0.05) is 12.1 Å². The molecule has 0 saturated heterocycles. The highest BCUT2D eigenvalue weighted by atomic mass is 32.2. The molecule has 3 N–H and O–H groups in total. The second kappa shape index (κ2) is 7.18. The normalized spacial score (nSPS) is 14.4. The summed E-state index contributed by atoms with van der Waals surface area (Å²) in [7, 11) is -3.33. The first-order valence-corrected chi connectivity index (χ1v) is 11.0. The van der Waals surface area contributed by atoms with E-state index in [9.17, 15) is 18.0 Å². The molecule has 0 fully saturated rings. The van der Waals surface area contributed by atoms with Crippen LogP contribution in [0.15, 0.2) is 29.2 Å². The fourth-order valence-corrected chi connectivity index (χ4v) is 3.84. The molecule has 1 aliphatic rings. The Balaban J connectivity index is 2.12. The van der Waals surface area contributed by atoms with Gasteiger partial charge in [-0.3, -0.25) is 9.48 Å². The maximum atomic E-state index is 13.1. The molecular weight excluding hydrogens is 394 g/mol. The SMILES string of the molecule is CC(C)(C)NC(=O)c1c(-c2ccc(S(C)(=O)=O)cc2)nn2c1CN(C(N)=O)CC2. The molecule has 0 saturated carbocycles. The fourth-order valence-electron chi connectivity index (χ4n) is 3.21. The van der Waals surface area contributed by atoms with Crippen molar-refractivity contribution in [3.63, 3.8) is 0 Å². The van der Waals surface area contributed by atoms with Crippen LogP contribution < -0.4 is 11.1 Å². The molecule has 29 heavy (non-hydrogen) atoms. The van der Waals surface area contributed by atoms with E-state index >= 15 is 0 Å². The molecular formula is C19H25N5O4S. The van der Waals surface area contributed by atoms with E-state index in [0.29, 0.717) is 35.6 Å². The van der Waals surface area contributed by atoms with Gasteiger partial charge in [-0.05, 0) is 32.9 Å². The van der Waals surface area contributed by atoms with Crippen molar-refractivity contribution in [1.82, 2.24) is 20.0 Å². The summed E-state index contributed by atoms with van der Waals surface area (Å²) in [5.74, 6) is -0.313. The van der Waals surface area contributed by atoms with Gasteiger partial charge in [0.2, 0.25) is 0 Å². The molecule has 1 aliphatic heterocycles. The van der Waals surface area contributed by atoms with E-state index in [1.807, 2.05) is 20.8 Å². The number of aromatic nitrogens is 2. The molecule has 10 heteroatoms. The topological polar surface area (TPSA) is 127 Å². The number of nitrogens with two attached hydrogens (primary N) is 1. The van der Waals surface area contributed by atoms with Gasteiger partial charge in [-0.25, -0.2) is 13.2 Å². The van der Waals surface area contributed by atoms with Gasteiger partial charge >= 0.3 is 6.03 Å². The Kier molecular flexibility index (Phi) is 5.16. The number of carbonyl (C=O) groups excluding carboxylic acids is 2. The molecule has 0 spiro atoms. The van der Waals surface area contributed by atoms with Crippen molar-refractivity contribution in [2.24, 2.45) is 5.73 Å². The number of urea groups is 1. The van der Waals surface area contributed by atoms with Gasteiger partial charge in [0, 0.05) is 23.9 Å². The van der Waals surface area contributed by atoms with Crippen molar-refractivity contribution in [1.29, 1.82) is 0 Å². The van der Waals surface area contributed by atoms with E-state index in [4.69, 9.17) is 5.73 Å². The first-order chi connectivity index (χ1) is 13.4. The third-order valence-electron chi connectivity index (χ3n) is 4.56. The van der Waals surface area contributed by atoms with Crippen LogP contribution in [0, 0.1) is 0 Å². The highest BCUT2D eigenvalue weighted by Gasteiger charge is 2.31. The van der Waals surface area contributed by atoms with Gasteiger partial charge < -0.3 is 16.0 Å². The summed E-state index contributed by atoms with van der Waals surface area (Å²) in [6.07, 6.45) is 1.14. The molecule has 0 unspecified atom stereocenters. The van der Waals surface area contributed by atoms with Gasteiger partial charge in [0.15, 0.2) is 9.84 Å². The van der Waals surface area contributed by atoms with E-state index in [1.54, 1.807) is 16.8 Å². The molecule has 2 aromatic rings. The minimum Gasteiger partial charge on any atom is -0.351 e. The van der Waals surface area contributed by atoms with Gasteiger partial charge in [0.05, 0.1) is 29.2 Å². The quantitative estimate of drug-likeness (QED) is 0.777. The Morgan fingerprint density at radius 1 is 1.14 bits per heavy atom. The van der Waals surface area contributed by atoms with Crippen LogP contribution >= 0.6 is 0 Å². The lowest BCUT2D eigenvalue weighted by atomic mass is 10.0. The zero-order chi connectivity index (χ0) is 21.6. The van der Waals surface area contributed by atoms with Gasteiger partial charge in [0.1, 0.15) is 5.69 Å². The predicted molar refractivity (Wildman–Crippen MR) is 108 cm³/mol. The van der Waals surface area contributed by atoms with Crippen molar-refractivity contribution in [3.05, 3.63) is 35.5 Å². The first kappa shape index (κ1) is 20.8. The molecule has 1 aromatic carbocycles. The van der Waals surface area contributed by atoms with Crippen LogP contribution in [-0.4, -0.2) is 53.4 Å². The Bertz CT molecular complexity index is 1070. The van der Waals surface area contributed by atoms with Crippen molar-refractivity contribution in [3.8, 4) is 11.3 Å². The predicted octanol–water partition coefficient (Wildman–Crippen LogP) is 1.38. The van der Waals surface area contributed by atoms with Crippen molar-refractivity contribution in [2.45, 2.75) is 44.3 Å². The Hall–Kier alpha value is -2.88. The number of benzene rings is 1. The number of carbonyl (C=O) groups is 2. The summed E-state index contributed by atoms with van der Waals surface area (Å²) < 4.78 is 25.2. The molecule has 3 amide bonds. The molecule has 2 heterocycles. The van der Waals surface area contributed by atoms with E-state index in [2.05, 4.69) is 10.4 Å². The summed E-state index contributed by atoms with van der Waals surface area (Å²) in [4.78, 5) is 26.4. The average molecular weight is 420 g/mol. The smallest absolute Gasteiger partial charge is 0.315 e. The highest BCUT2D eigenvalue weighted by Crippen LogP contribution is 2.29. The summed E-state index contributed by atoms with van der Waals surface area (Å²) >= 11 is 0. The zero-order valence-electron chi connectivity index (χ0n) is 16.9.